The number of carbonyl (C=O) groups is 5. The van der Waals surface area contributed by atoms with Crippen molar-refractivity contribution in [3.63, 3.8) is 0 Å². The molecule has 0 heterocycles. The van der Waals surface area contributed by atoms with Crippen LogP contribution in [0, 0.1) is 26.1 Å². The summed E-state index contributed by atoms with van der Waals surface area (Å²) in [6.45, 7) is -0.479. The van der Waals surface area contributed by atoms with E-state index in [-0.39, 0.29) is 39.8 Å². The highest BCUT2D eigenvalue weighted by atomic mass is 35.5. The molecule has 1 unspecified atom stereocenters. The van der Waals surface area contributed by atoms with E-state index in [0.717, 1.165) is 37.6 Å². The van der Waals surface area contributed by atoms with Crippen LogP contribution in [-0.2, 0) is 44.4 Å². The van der Waals surface area contributed by atoms with Crippen LogP contribution in [-0.4, -0.2) is 103 Å². The van der Waals surface area contributed by atoms with Crippen molar-refractivity contribution in [3.8, 4) is 11.5 Å². The number of nitro benzene ring substituents is 2. The van der Waals surface area contributed by atoms with E-state index in [1.807, 2.05) is 5.32 Å². The first-order valence-corrected chi connectivity index (χ1v) is 23.1. The van der Waals surface area contributed by atoms with Crippen LogP contribution >= 0.6 is 30.8 Å². The Hall–Kier alpha value is -4.80. The van der Waals surface area contributed by atoms with Gasteiger partial charge in [-0.05, 0) is 53.7 Å². The second-order valence-corrected chi connectivity index (χ2v) is 19.1. The van der Waals surface area contributed by atoms with Gasteiger partial charge >= 0.3 is 11.9 Å². The van der Waals surface area contributed by atoms with Crippen molar-refractivity contribution in [2.24, 2.45) is 5.92 Å². The highest BCUT2D eigenvalue weighted by Gasteiger charge is 2.39. The second kappa shape index (κ2) is 23.7. The number of halogens is 2. The Balaban J connectivity index is 0.000000450. The fourth-order valence-corrected chi connectivity index (χ4v) is 5.94. The lowest BCUT2D eigenvalue weighted by molar-refractivity contribution is -0.385. The van der Waals surface area contributed by atoms with Gasteiger partial charge in [0, 0.05) is 42.3 Å². The van der Waals surface area contributed by atoms with E-state index in [4.69, 9.17) is 37.9 Å². The van der Waals surface area contributed by atoms with Crippen molar-refractivity contribution in [2.75, 3.05) is 45.0 Å². The summed E-state index contributed by atoms with van der Waals surface area (Å²) < 4.78 is 42.9. The Morgan fingerprint density at radius 3 is 1.95 bits per heavy atom. The van der Waals surface area contributed by atoms with Gasteiger partial charge in [-0.3, -0.25) is 44.7 Å². The number of methoxy groups -OCH3 is 1. The van der Waals surface area contributed by atoms with E-state index < -0.39 is 86.6 Å². The maximum atomic E-state index is 12.4. The fraction of sp³-hybridized carbons (Fsp3) is 0.324. The molecule has 4 rings (SSSR count). The number of sulfone groups is 1. The topological polar surface area (TPSA) is 317 Å². The van der Waals surface area contributed by atoms with Gasteiger partial charge in [-0.1, -0.05) is 23.2 Å². The lowest BCUT2D eigenvalue weighted by Crippen LogP contribution is -2.35. The van der Waals surface area contributed by atoms with Crippen LogP contribution in [0.4, 0.5) is 11.4 Å². The van der Waals surface area contributed by atoms with Crippen molar-refractivity contribution in [1.82, 2.24) is 5.32 Å². The maximum absolute atomic E-state index is 12.4. The van der Waals surface area contributed by atoms with E-state index in [2.05, 4.69) is 23.5 Å². The van der Waals surface area contributed by atoms with Crippen molar-refractivity contribution in [2.45, 2.75) is 24.2 Å². The molecule has 20 nitrogen and oxygen atoms in total. The van der Waals surface area contributed by atoms with Gasteiger partial charge < -0.3 is 28.9 Å². The third-order valence-electron chi connectivity index (χ3n) is 6.89. The molecule has 59 heavy (non-hydrogen) atoms. The summed E-state index contributed by atoms with van der Waals surface area (Å²) >= 11 is 11.8. The molecule has 0 bridgehead atoms. The van der Waals surface area contributed by atoms with E-state index in [1.54, 1.807) is 12.1 Å². The van der Waals surface area contributed by atoms with Crippen LogP contribution in [0.1, 0.15) is 40.0 Å². The number of nitrogens with zero attached hydrogens (tertiary/aromatic N) is 2. The van der Waals surface area contributed by atoms with Crippen LogP contribution in [0.25, 0.3) is 0 Å². The maximum Gasteiger partial charge on any atom is 0.345 e. The zero-order chi connectivity index (χ0) is 45.4. The summed E-state index contributed by atoms with van der Waals surface area (Å²) in [4.78, 5) is 95.6. The van der Waals surface area contributed by atoms with Gasteiger partial charge in [0.15, 0.2) is 27.2 Å². The van der Waals surface area contributed by atoms with Gasteiger partial charge in [-0.15, -0.1) is 0 Å². The predicted octanol–water partition coefficient (Wildman–Crippen LogP) is 4.26. The molecular weight excluding hydrogens is 888 g/mol. The number of nitro groups is 2. The largest absolute Gasteiger partial charge is 0.778 e. The molecule has 3 aromatic rings. The lowest BCUT2D eigenvalue weighted by Gasteiger charge is -2.18. The van der Waals surface area contributed by atoms with Crippen LogP contribution in [0.5, 0.6) is 11.5 Å². The number of carboxylic acids is 1. The molecule has 1 aliphatic rings. The first-order valence-electron chi connectivity index (χ1n) is 16.2. The third kappa shape index (κ3) is 18.3. The Morgan fingerprint density at radius 2 is 1.49 bits per heavy atom. The zero-order valence-corrected chi connectivity index (χ0v) is 35.8. The van der Waals surface area contributed by atoms with Crippen molar-refractivity contribution < 1.29 is 71.2 Å². The summed E-state index contributed by atoms with van der Waals surface area (Å²) in [7, 11) is -6.27. The number of ketones is 3. The Morgan fingerprint density at radius 1 is 0.932 bits per heavy atom. The summed E-state index contributed by atoms with van der Waals surface area (Å²) in [6.07, 6.45) is 7.24. The number of carboxylic acid groups (broad SMARTS) is 1. The summed E-state index contributed by atoms with van der Waals surface area (Å²) in [5, 5.41) is 32.7. The summed E-state index contributed by atoms with van der Waals surface area (Å²) in [5.41, 5.74) is -1.75. The Kier molecular flexibility index (Phi) is 21.0. The minimum absolute atomic E-state index is 0.0668. The molecule has 1 fully saturated rings. The fourth-order valence-electron chi connectivity index (χ4n) is 4.45. The molecular formula is C34H38Cl2N3O17PS2. The Labute approximate surface area is 349 Å². The Bertz CT molecular complexity index is 2220. The standard InChI is InChI=1S/C14H9Cl2NO5.C14H13NO7S.C3H8NO5P.C3H9S/c1-21-14(18)10-7-9(3-4-12(10)17(19)20)22-13-5-2-8(15)6-11(13)16;1-23(21,22)8-5-6-9(10(7-8)15(19)20)14(18)13-11(16)3-2-4-12(13)17;5-3(6)1-4-2-10(7,8)9;1-4(2)3/h2-7H,1H3;5-7,13H,2-4H2,1H3;4H,1-2H2,(H,5,6)(H2,7,8,9);1-3H3/q;;;+1/p-1. The van der Waals surface area contributed by atoms with Gasteiger partial charge in [0.2, 0.25) is 0 Å². The van der Waals surface area contributed by atoms with Crippen molar-refractivity contribution in [3.05, 3.63) is 96.0 Å². The first-order chi connectivity index (χ1) is 27.2. The average molecular weight is 927 g/mol. The monoisotopic (exact) mass is 925 g/mol. The van der Waals surface area contributed by atoms with Crippen molar-refractivity contribution >= 4 is 92.2 Å². The predicted molar refractivity (Wildman–Crippen MR) is 214 cm³/mol. The van der Waals surface area contributed by atoms with Crippen LogP contribution in [0.2, 0.25) is 10.0 Å². The summed E-state index contributed by atoms with van der Waals surface area (Å²) in [6, 6.07) is 11.1. The number of aliphatic carboxylic acids is 1. The summed E-state index contributed by atoms with van der Waals surface area (Å²) in [5.74, 6) is -5.11. The number of carbonyl (C=O) groups excluding carboxylic acids is 4. The lowest BCUT2D eigenvalue weighted by atomic mass is 9.81. The van der Waals surface area contributed by atoms with Gasteiger partial charge in [0.05, 0.1) is 64.0 Å². The molecule has 0 aromatic heterocycles. The van der Waals surface area contributed by atoms with Crippen molar-refractivity contribution in [1.29, 1.82) is 0 Å². The van der Waals surface area contributed by atoms with Crippen LogP contribution < -0.4 is 14.9 Å². The number of rotatable bonds is 12. The van der Waals surface area contributed by atoms with Gasteiger partial charge in [-0.25, -0.2) is 13.2 Å². The minimum Gasteiger partial charge on any atom is -0.778 e. The van der Waals surface area contributed by atoms with Gasteiger partial charge in [-0.2, -0.15) is 0 Å². The number of ether oxygens (including phenoxy) is 2. The third-order valence-corrected chi connectivity index (χ3v) is 9.16. The first kappa shape index (κ1) is 52.2. The molecule has 0 aliphatic heterocycles. The zero-order valence-electron chi connectivity index (χ0n) is 31.7. The molecule has 0 spiro atoms. The molecule has 3 aromatic carbocycles. The molecule has 3 N–H and O–H groups in total. The molecule has 1 atom stereocenters. The van der Waals surface area contributed by atoms with Crippen LogP contribution in [0.3, 0.4) is 0 Å². The molecule has 1 saturated carbocycles. The number of hydrogen-bond acceptors (Lipinski definition) is 16. The van der Waals surface area contributed by atoms with Gasteiger partial charge in [0.25, 0.3) is 11.4 Å². The van der Waals surface area contributed by atoms with Gasteiger partial charge in [0.1, 0.15) is 30.6 Å². The SMILES string of the molecule is COC(=O)c1cc(Oc2ccc(Cl)cc2Cl)ccc1[N+](=O)[O-].CS(=O)(=O)c1ccc(C(=O)C2C(=O)CCCC2=O)c([N+](=O)[O-])c1.C[S+](C)C.O=C(O)CNCP(=O)([O-])O. The van der Waals surface area contributed by atoms with E-state index in [0.29, 0.717) is 28.1 Å². The van der Waals surface area contributed by atoms with E-state index in [9.17, 15) is 62.1 Å². The molecule has 1 aliphatic carbocycles. The number of esters is 1. The average Bonchev–Trinajstić information content (AvgIpc) is 3.11. The number of hydrogen-bond donors (Lipinski definition) is 3. The number of benzene rings is 3. The second-order valence-electron chi connectivity index (χ2n) is 12.2. The molecule has 0 amide bonds. The quantitative estimate of drug-likeness (QED) is 0.0434. The van der Waals surface area contributed by atoms with E-state index >= 15 is 0 Å². The number of Topliss-reactive ketones (excluding diaryl/α,β-unsaturated/α-hetero) is 3. The highest BCUT2D eigenvalue weighted by molar-refractivity contribution is 7.94. The number of nitrogens with one attached hydrogen (secondary N) is 1. The highest BCUT2D eigenvalue weighted by Crippen LogP contribution is 2.34. The molecule has 0 saturated heterocycles. The van der Waals surface area contributed by atoms with E-state index in [1.165, 1.54) is 18.2 Å². The molecule has 25 heteroatoms. The molecule has 322 valence electrons. The van der Waals surface area contributed by atoms with Crippen LogP contribution in [0.15, 0.2) is 59.5 Å². The minimum atomic E-state index is -4.35. The smallest absolute Gasteiger partial charge is 0.345 e. The molecule has 0 radical (unpaired) electrons. The normalized spacial score (nSPS) is 13.5.